The first kappa shape index (κ1) is 21.3. The Morgan fingerprint density at radius 2 is 1.30 bits per heavy atom. The largest absolute Gasteiger partial charge is 0.339 e. The van der Waals surface area contributed by atoms with Crippen molar-refractivity contribution in [2.75, 3.05) is 26.2 Å². The van der Waals surface area contributed by atoms with Crippen molar-refractivity contribution in [1.82, 2.24) is 9.80 Å². The first-order valence-corrected chi connectivity index (χ1v) is 11.5. The molecule has 3 aromatic carbocycles. The number of hydrogen-bond donors (Lipinski definition) is 0. The quantitative estimate of drug-likeness (QED) is 0.415. The van der Waals surface area contributed by atoms with Crippen molar-refractivity contribution < 1.29 is 9.72 Å². The molecule has 0 N–H and O–H groups in total. The number of hydrogen-bond acceptors (Lipinski definition) is 4. The molecule has 1 heterocycles. The Morgan fingerprint density at radius 3 is 1.76 bits per heavy atom. The van der Waals surface area contributed by atoms with Crippen molar-refractivity contribution in [3.05, 3.63) is 112 Å². The number of carbonyl (C=O) groups excluding carboxylic acids is 1. The van der Waals surface area contributed by atoms with Crippen molar-refractivity contribution in [1.29, 1.82) is 0 Å². The highest BCUT2D eigenvalue weighted by Crippen LogP contribution is 2.50. The molecule has 1 aliphatic carbocycles. The summed E-state index contributed by atoms with van der Waals surface area (Å²) in [4.78, 5) is 28.5. The van der Waals surface area contributed by atoms with Crippen molar-refractivity contribution in [2.24, 2.45) is 0 Å². The number of benzene rings is 3. The van der Waals surface area contributed by atoms with Crippen LogP contribution in [-0.2, 0) is 10.2 Å². The molecule has 5 rings (SSSR count). The van der Waals surface area contributed by atoms with Crippen molar-refractivity contribution in [3.8, 4) is 0 Å². The van der Waals surface area contributed by atoms with E-state index in [2.05, 4.69) is 53.4 Å². The van der Waals surface area contributed by atoms with Crippen LogP contribution < -0.4 is 0 Å². The lowest BCUT2D eigenvalue weighted by Gasteiger charge is -2.41. The van der Waals surface area contributed by atoms with Gasteiger partial charge in [-0.15, -0.1) is 0 Å². The van der Waals surface area contributed by atoms with Gasteiger partial charge in [0, 0.05) is 38.3 Å². The van der Waals surface area contributed by atoms with Crippen LogP contribution in [-0.4, -0.2) is 46.8 Å². The van der Waals surface area contributed by atoms with E-state index in [1.807, 2.05) is 17.0 Å². The van der Waals surface area contributed by atoms with Gasteiger partial charge >= 0.3 is 0 Å². The Balaban J connectivity index is 1.31. The second-order valence-corrected chi connectivity index (χ2v) is 8.94. The molecule has 0 unspecified atom stereocenters. The molecule has 1 saturated heterocycles. The Labute approximate surface area is 193 Å². The van der Waals surface area contributed by atoms with Crippen LogP contribution in [0.2, 0.25) is 0 Å². The van der Waals surface area contributed by atoms with Gasteiger partial charge in [0.2, 0.25) is 5.91 Å². The smallest absolute Gasteiger partial charge is 0.269 e. The summed E-state index contributed by atoms with van der Waals surface area (Å²) >= 11 is 0. The van der Waals surface area contributed by atoms with Crippen LogP contribution in [0.5, 0.6) is 0 Å². The van der Waals surface area contributed by atoms with Gasteiger partial charge in [-0.2, -0.15) is 0 Å². The molecule has 0 radical (unpaired) electrons. The van der Waals surface area contributed by atoms with Crippen LogP contribution >= 0.6 is 0 Å². The number of amides is 1. The van der Waals surface area contributed by atoms with Crippen LogP contribution in [0.3, 0.4) is 0 Å². The number of nitro benzene ring substituents is 1. The summed E-state index contributed by atoms with van der Waals surface area (Å²) in [5.41, 5.74) is 2.96. The maximum atomic E-state index is 13.5. The number of rotatable bonds is 6. The minimum absolute atomic E-state index is 0.0588. The summed E-state index contributed by atoms with van der Waals surface area (Å²) < 4.78 is 0. The third-order valence-corrected chi connectivity index (χ3v) is 6.99. The minimum Gasteiger partial charge on any atom is -0.339 e. The fourth-order valence-corrected chi connectivity index (χ4v) is 5.02. The van der Waals surface area contributed by atoms with Gasteiger partial charge in [0.15, 0.2) is 0 Å². The molecule has 6 heteroatoms. The number of nitro groups is 1. The standard InChI is InChI=1S/C27H27N3O3/c31-26(27(15-16-27)23-11-13-24(14-12-23)30(32)33)29-19-17-28(18-20-29)25(21-7-3-1-4-8-21)22-9-5-2-6-10-22/h1-14,25H,15-20H2. The number of piperazine rings is 1. The predicted octanol–water partition coefficient (Wildman–Crippen LogP) is 4.56. The lowest BCUT2D eigenvalue weighted by molar-refractivity contribution is -0.384. The summed E-state index contributed by atoms with van der Waals surface area (Å²) in [6, 6.07) is 27.7. The molecule has 0 atom stereocenters. The molecule has 1 aliphatic heterocycles. The van der Waals surface area contributed by atoms with E-state index in [4.69, 9.17) is 0 Å². The molecule has 0 spiro atoms. The molecular formula is C27H27N3O3. The van der Waals surface area contributed by atoms with Gasteiger partial charge < -0.3 is 4.90 Å². The van der Waals surface area contributed by atoms with Gasteiger partial charge in [-0.25, -0.2) is 0 Å². The number of carbonyl (C=O) groups is 1. The minimum atomic E-state index is -0.504. The van der Waals surface area contributed by atoms with Gasteiger partial charge in [-0.1, -0.05) is 72.8 Å². The van der Waals surface area contributed by atoms with Crippen molar-refractivity contribution >= 4 is 11.6 Å². The molecule has 0 bridgehead atoms. The van der Waals surface area contributed by atoms with E-state index in [-0.39, 0.29) is 17.6 Å². The van der Waals surface area contributed by atoms with Crippen LogP contribution in [0.1, 0.15) is 35.6 Å². The van der Waals surface area contributed by atoms with Gasteiger partial charge in [0.25, 0.3) is 5.69 Å². The fraction of sp³-hybridized carbons (Fsp3) is 0.296. The summed E-state index contributed by atoms with van der Waals surface area (Å²) in [6.07, 6.45) is 1.61. The zero-order valence-electron chi connectivity index (χ0n) is 18.5. The van der Waals surface area contributed by atoms with Crippen molar-refractivity contribution in [2.45, 2.75) is 24.3 Å². The first-order chi connectivity index (χ1) is 16.1. The van der Waals surface area contributed by atoms with Crippen LogP contribution in [0.4, 0.5) is 5.69 Å². The molecule has 6 nitrogen and oxygen atoms in total. The highest BCUT2D eigenvalue weighted by molar-refractivity contribution is 5.91. The van der Waals surface area contributed by atoms with E-state index < -0.39 is 10.3 Å². The third-order valence-electron chi connectivity index (χ3n) is 6.99. The van der Waals surface area contributed by atoms with E-state index in [1.54, 1.807) is 12.1 Å². The monoisotopic (exact) mass is 441 g/mol. The van der Waals surface area contributed by atoms with Crippen LogP contribution in [0, 0.1) is 10.1 Å². The summed E-state index contributed by atoms with van der Waals surface area (Å²) in [6.45, 7) is 2.97. The van der Waals surface area contributed by atoms with E-state index in [1.165, 1.54) is 23.3 Å². The molecule has 2 aliphatic rings. The molecular weight excluding hydrogens is 414 g/mol. The van der Waals surface area contributed by atoms with Gasteiger partial charge in [-0.05, 0) is 29.5 Å². The maximum absolute atomic E-state index is 13.5. The van der Waals surface area contributed by atoms with E-state index in [9.17, 15) is 14.9 Å². The SMILES string of the molecule is O=C(N1CCN(C(c2ccccc2)c2ccccc2)CC1)C1(c2ccc([N+](=O)[O-])cc2)CC1. The lowest BCUT2D eigenvalue weighted by atomic mass is 9.93. The highest BCUT2D eigenvalue weighted by atomic mass is 16.6. The first-order valence-electron chi connectivity index (χ1n) is 11.5. The molecule has 1 amide bonds. The van der Waals surface area contributed by atoms with Gasteiger partial charge in [-0.3, -0.25) is 19.8 Å². The summed E-state index contributed by atoms with van der Waals surface area (Å²) in [5.74, 6) is 0.159. The second kappa shape index (κ2) is 8.79. The number of nitrogens with zero attached hydrogens (tertiary/aromatic N) is 3. The highest BCUT2D eigenvalue weighted by Gasteiger charge is 2.53. The number of non-ortho nitro benzene ring substituents is 1. The Morgan fingerprint density at radius 1 is 0.788 bits per heavy atom. The fourth-order valence-electron chi connectivity index (χ4n) is 5.02. The third kappa shape index (κ3) is 4.14. The van der Waals surface area contributed by atoms with Crippen LogP contribution in [0.25, 0.3) is 0 Å². The Hall–Kier alpha value is -3.51. The zero-order valence-corrected chi connectivity index (χ0v) is 18.5. The molecule has 168 valence electrons. The predicted molar refractivity (Wildman–Crippen MR) is 127 cm³/mol. The zero-order chi connectivity index (χ0) is 22.8. The Kier molecular flexibility index (Phi) is 5.68. The average molecular weight is 442 g/mol. The maximum Gasteiger partial charge on any atom is 0.269 e. The van der Waals surface area contributed by atoms with Gasteiger partial charge in [0.05, 0.1) is 16.4 Å². The molecule has 3 aromatic rings. The van der Waals surface area contributed by atoms with Crippen molar-refractivity contribution in [3.63, 3.8) is 0 Å². The average Bonchev–Trinajstić information content (AvgIpc) is 3.68. The normalized spacial score (nSPS) is 17.7. The molecule has 1 saturated carbocycles. The molecule has 2 fully saturated rings. The Bertz CT molecular complexity index is 1080. The molecule has 33 heavy (non-hydrogen) atoms. The lowest BCUT2D eigenvalue weighted by Crippen LogP contribution is -2.52. The summed E-state index contributed by atoms with van der Waals surface area (Å²) in [5, 5.41) is 11.0. The van der Waals surface area contributed by atoms with E-state index in [0.29, 0.717) is 13.1 Å². The van der Waals surface area contributed by atoms with E-state index in [0.717, 1.165) is 31.5 Å². The summed E-state index contributed by atoms with van der Waals surface area (Å²) in [7, 11) is 0. The molecule has 0 aromatic heterocycles. The van der Waals surface area contributed by atoms with Crippen LogP contribution in [0.15, 0.2) is 84.9 Å². The van der Waals surface area contributed by atoms with Gasteiger partial charge in [0.1, 0.15) is 0 Å². The second-order valence-electron chi connectivity index (χ2n) is 8.94. The van der Waals surface area contributed by atoms with E-state index >= 15 is 0 Å². The topological polar surface area (TPSA) is 66.7 Å².